The predicted molar refractivity (Wildman–Crippen MR) is 134 cm³/mol. The molecule has 0 aromatic heterocycles. The number of carboxylic acid groups (broad SMARTS) is 1. The second kappa shape index (κ2) is 12.0. The van der Waals surface area contributed by atoms with Gasteiger partial charge >= 0.3 is 12.1 Å². The number of nitrogen functional groups attached to an aromatic ring is 1. The average molecular weight is 538 g/mol. The van der Waals surface area contributed by atoms with E-state index in [1.165, 1.54) is 7.11 Å². The van der Waals surface area contributed by atoms with Gasteiger partial charge in [-0.2, -0.15) is 13.2 Å². The summed E-state index contributed by atoms with van der Waals surface area (Å²) in [5.74, 6) is -2.31. The highest BCUT2D eigenvalue weighted by molar-refractivity contribution is 5.95. The van der Waals surface area contributed by atoms with E-state index in [1.54, 1.807) is 18.2 Å². The van der Waals surface area contributed by atoms with E-state index in [-0.39, 0.29) is 11.8 Å². The average Bonchev–Trinajstić information content (AvgIpc) is 3.20. The molecule has 2 aromatic carbocycles. The maximum atomic E-state index is 12.7. The summed E-state index contributed by atoms with van der Waals surface area (Å²) in [6, 6.07) is 15.1. The lowest BCUT2D eigenvalue weighted by molar-refractivity contribution is -0.192. The van der Waals surface area contributed by atoms with E-state index < -0.39 is 17.7 Å². The molecule has 0 unspecified atom stereocenters. The van der Waals surface area contributed by atoms with Crippen LogP contribution >= 0.6 is 0 Å². The van der Waals surface area contributed by atoms with Gasteiger partial charge in [0.15, 0.2) is 0 Å². The van der Waals surface area contributed by atoms with E-state index in [0.717, 1.165) is 38.2 Å². The second-order valence-electron chi connectivity index (χ2n) is 8.82. The van der Waals surface area contributed by atoms with Crippen molar-refractivity contribution in [1.29, 1.82) is 0 Å². The molecule has 0 saturated carbocycles. The van der Waals surface area contributed by atoms with Crippen LogP contribution in [0.3, 0.4) is 0 Å². The zero-order chi connectivity index (χ0) is 27.9. The first kappa shape index (κ1) is 28.6. The van der Waals surface area contributed by atoms with Gasteiger partial charge in [0.2, 0.25) is 5.91 Å². The minimum atomic E-state index is -5.08. The quantitative estimate of drug-likeness (QED) is 0.411. The van der Waals surface area contributed by atoms with Crippen LogP contribution in [-0.4, -0.2) is 79.5 Å². The number of carboxylic acids is 1. The number of hydrogen-bond donors (Lipinski definition) is 4. The summed E-state index contributed by atoms with van der Waals surface area (Å²) < 4.78 is 36.9. The number of nitrogens with one attached hydrogen (secondary N) is 2. The molecule has 10 nitrogen and oxygen atoms in total. The number of halogens is 3. The molecule has 2 amide bonds. The third-order valence-electron chi connectivity index (χ3n) is 6.54. The number of benzene rings is 2. The lowest BCUT2D eigenvalue weighted by Gasteiger charge is -2.43. The van der Waals surface area contributed by atoms with Crippen LogP contribution in [0.1, 0.15) is 23.2 Å². The maximum absolute atomic E-state index is 12.7. The molecule has 2 aromatic rings. The first-order valence-corrected chi connectivity index (χ1v) is 11.8. The fraction of sp³-hybridized carbons (Fsp3) is 0.400. The molecule has 0 radical (unpaired) electrons. The van der Waals surface area contributed by atoms with Gasteiger partial charge in [-0.3, -0.25) is 9.59 Å². The molecule has 2 aliphatic rings. The topological polar surface area (TPSA) is 137 Å². The largest absolute Gasteiger partial charge is 0.495 e. The van der Waals surface area contributed by atoms with Crippen molar-refractivity contribution in [2.45, 2.75) is 24.6 Å². The molecule has 38 heavy (non-hydrogen) atoms. The highest BCUT2D eigenvalue weighted by Gasteiger charge is 2.50. The second-order valence-corrected chi connectivity index (χ2v) is 8.82. The molecule has 4 rings (SSSR count). The Kier molecular flexibility index (Phi) is 9.04. The Balaban J connectivity index is 0.000000505. The number of ether oxygens (including phenoxy) is 1. The number of nitrogens with zero attached hydrogens (tertiary/aromatic N) is 2. The molecule has 206 valence electrons. The van der Waals surface area contributed by atoms with E-state index in [1.807, 2.05) is 18.2 Å². The SMILES string of the molecule is COc1cc(C(=O)NCCN2CCC3(CC2)C(=O)NCN3c2ccccc2)ccc1N.O=C(O)C(F)(F)F. The van der Waals surface area contributed by atoms with Gasteiger partial charge in [0, 0.05) is 37.4 Å². The number of carbonyl (C=O) groups excluding carboxylic acids is 2. The van der Waals surface area contributed by atoms with E-state index in [4.69, 9.17) is 20.4 Å². The van der Waals surface area contributed by atoms with Gasteiger partial charge in [-0.1, -0.05) is 18.2 Å². The molecule has 2 fully saturated rings. The molecule has 2 aliphatic heterocycles. The highest BCUT2D eigenvalue weighted by atomic mass is 19.4. The lowest BCUT2D eigenvalue weighted by atomic mass is 9.85. The number of hydrogen-bond acceptors (Lipinski definition) is 7. The third kappa shape index (κ3) is 6.65. The Hall–Kier alpha value is -4.00. The van der Waals surface area contributed by atoms with Crippen LogP contribution in [0.5, 0.6) is 5.75 Å². The zero-order valence-corrected chi connectivity index (χ0v) is 20.8. The first-order valence-electron chi connectivity index (χ1n) is 11.8. The summed E-state index contributed by atoms with van der Waals surface area (Å²) in [5, 5.41) is 13.1. The Morgan fingerprint density at radius 3 is 2.37 bits per heavy atom. The number of nitrogens with two attached hydrogens (primary N) is 1. The molecule has 13 heteroatoms. The number of aliphatic carboxylic acids is 1. The molecule has 0 aliphatic carbocycles. The summed E-state index contributed by atoms with van der Waals surface area (Å²) >= 11 is 0. The number of likely N-dealkylation sites (tertiary alicyclic amines) is 1. The first-order chi connectivity index (χ1) is 18.0. The number of rotatable bonds is 6. The van der Waals surface area contributed by atoms with E-state index in [9.17, 15) is 22.8 Å². The Labute approximate surface area is 217 Å². The monoisotopic (exact) mass is 537 g/mol. The highest BCUT2D eigenvalue weighted by Crippen LogP contribution is 2.36. The molecule has 2 heterocycles. The lowest BCUT2D eigenvalue weighted by Crippen LogP contribution is -2.57. The Morgan fingerprint density at radius 1 is 1.16 bits per heavy atom. The van der Waals surface area contributed by atoms with E-state index in [0.29, 0.717) is 30.2 Å². The Bertz CT molecular complexity index is 1140. The van der Waals surface area contributed by atoms with Crippen LogP contribution in [0, 0.1) is 0 Å². The molecule has 0 bridgehead atoms. The van der Waals surface area contributed by atoms with Crippen molar-refractivity contribution in [2.75, 3.05) is 50.6 Å². The van der Waals surface area contributed by atoms with Crippen LogP contribution < -0.4 is 26.0 Å². The summed E-state index contributed by atoms with van der Waals surface area (Å²) in [5.41, 5.74) is 7.41. The normalized spacial score (nSPS) is 16.8. The van der Waals surface area contributed by atoms with Crippen LogP contribution in [0.2, 0.25) is 0 Å². The van der Waals surface area contributed by atoms with Crippen molar-refractivity contribution in [3.05, 3.63) is 54.1 Å². The van der Waals surface area contributed by atoms with Crippen LogP contribution in [0.25, 0.3) is 0 Å². The van der Waals surface area contributed by atoms with Crippen molar-refractivity contribution in [3.63, 3.8) is 0 Å². The summed E-state index contributed by atoms with van der Waals surface area (Å²) in [4.78, 5) is 38.5. The van der Waals surface area contributed by atoms with E-state index in [2.05, 4.69) is 32.6 Å². The van der Waals surface area contributed by atoms with Gasteiger partial charge < -0.3 is 36.0 Å². The van der Waals surface area contributed by atoms with Crippen LogP contribution in [-0.2, 0) is 9.59 Å². The summed E-state index contributed by atoms with van der Waals surface area (Å²) in [6.07, 6.45) is -3.56. The molecule has 1 spiro atoms. The fourth-order valence-electron chi connectivity index (χ4n) is 4.46. The minimum absolute atomic E-state index is 0.113. The number of methoxy groups -OCH3 is 1. The number of carbonyl (C=O) groups is 3. The molecule has 2 saturated heterocycles. The summed E-state index contributed by atoms with van der Waals surface area (Å²) in [6.45, 7) is 3.43. The van der Waals surface area contributed by atoms with Crippen LogP contribution in [0.4, 0.5) is 24.5 Å². The van der Waals surface area contributed by atoms with Crippen molar-refractivity contribution < 1.29 is 37.4 Å². The number of piperidine rings is 1. The Morgan fingerprint density at radius 2 is 1.79 bits per heavy atom. The maximum Gasteiger partial charge on any atom is 0.490 e. The van der Waals surface area contributed by atoms with Crippen molar-refractivity contribution >= 4 is 29.2 Å². The zero-order valence-electron chi connectivity index (χ0n) is 20.8. The standard InChI is InChI=1S/C23H29N5O3.C2HF3O2/c1-31-20-15-17(7-8-19(20)24)21(29)25-11-14-27-12-9-23(10-13-27)22(30)26-16-28(23)18-5-3-2-4-6-18;3-2(4,5)1(6)7/h2-8,15H,9-14,16,24H2,1H3,(H,25,29)(H,26,30);(H,6,7). The van der Waals surface area contributed by atoms with Gasteiger partial charge in [-0.05, 0) is 43.2 Å². The summed E-state index contributed by atoms with van der Waals surface area (Å²) in [7, 11) is 1.53. The number of amides is 2. The number of anilines is 2. The fourth-order valence-corrected chi connectivity index (χ4v) is 4.46. The molecular weight excluding hydrogens is 507 g/mol. The molecule has 0 atom stereocenters. The van der Waals surface area contributed by atoms with Crippen molar-refractivity contribution in [2.24, 2.45) is 0 Å². The van der Waals surface area contributed by atoms with Gasteiger partial charge in [0.1, 0.15) is 11.3 Å². The smallest absolute Gasteiger partial charge is 0.490 e. The minimum Gasteiger partial charge on any atom is -0.495 e. The van der Waals surface area contributed by atoms with Crippen LogP contribution in [0.15, 0.2) is 48.5 Å². The van der Waals surface area contributed by atoms with Gasteiger partial charge in [-0.15, -0.1) is 0 Å². The number of para-hydroxylation sites is 1. The number of alkyl halides is 3. The third-order valence-corrected chi connectivity index (χ3v) is 6.54. The van der Waals surface area contributed by atoms with Crippen molar-refractivity contribution in [1.82, 2.24) is 15.5 Å². The van der Waals surface area contributed by atoms with Gasteiger partial charge in [0.05, 0.1) is 19.5 Å². The van der Waals surface area contributed by atoms with E-state index >= 15 is 0 Å². The molecular formula is C25H30F3N5O5. The van der Waals surface area contributed by atoms with Crippen molar-refractivity contribution in [3.8, 4) is 5.75 Å². The van der Waals surface area contributed by atoms with Gasteiger partial charge in [0.25, 0.3) is 5.91 Å². The molecule has 5 N–H and O–H groups in total. The predicted octanol–water partition coefficient (Wildman–Crippen LogP) is 2.07. The van der Waals surface area contributed by atoms with Gasteiger partial charge in [-0.25, -0.2) is 4.79 Å².